The van der Waals surface area contributed by atoms with E-state index in [4.69, 9.17) is 9.97 Å². The van der Waals surface area contributed by atoms with Crippen molar-refractivity contribution < 1.29 is 0 Å². The lowest BCUT2D eigenvalue weighted by molar-refractivity contribution is 0.422. The fourth-order valence-electron chi connectivity index (χ4n) is 11.3. The smallest absolute Gasteiger partial charge is 0.179 e. The second-order valence-electron chi connectivity index (χ2n) is 17.7. The number of rotatable bonds is 6. The molecule has 5 aliphatic rings. The molecule has 4 aliphatic heterocycles. The van der Waals surface area contributed by atoms with E-state index in [2.05, 4.69) is 223 Å². The molecule has 1 aliphatic carbocycles. The predicted octanol–water partition coefficient (Wildman–Crippen LogP) is 13.7. The molecule has 0 saturated carbocycles. The number of benzene rings is 6. The van der Waals surface area contributed by atoms with E-state index in [-0.39, 0.29) is 17.7 Å². The normalized spacial score (nSPS) is 21.1. The monoisotopic (exact) mass is 818 g/mol. The number of anilines is 6. The number of hydrogen-bond acceptors (Lipinski definition) is 6. The first-order valence-corrected chi connectivity index (χ1v) is 22.7. The molecule has 12 rings (SSSR count). The van der Waals surface area contributed by atoms with Gasteiger partial charge in [0.05, 0.1) is 17.1 Å². The molecule has 6 nitrogen and oxygen atoms in total. The number of para-hydroxylation sites is 2. The van der Waals surface area contributed by atoms with Crippen LogP contribution in [-0.2, 0) is 11.8 Å². The summed E-state index contributed by atoms with van der Waals surface area (Å²) in [6, 6.07) is 57.9. The topological polar surface area (TPSA) is 38.7 Å². The maximum atomic E-state index is 5.63. The lowest BCUT2D eigenvalue weighted by Crippen LogP contribution is -2.52. The van der Waals surface area contributed by atoms with Crippen molar-refractivity contribution in [3.8, 4) is 22.3 Å². The van der Waals surface area contributed by atoms with Crippen molar-refractivity contribution in [2.75, 3.05) is 19.6 Å². The first-order chi connectivity index (χ1) is 31.0. The third-order valence-corrected chi connectivity index (χ3v) is 14.4. The molecule has 308 valence electrons. The Bertz CT molecular complexity index is 2970. The zero-order valence-electron chi connectivity index (χ0n) is 36.1. The second kappa shape index (κ2) is 14.7. The number of nitrogens with zero attached hydrogens (tertiary/aromatic N) is 6. The third-order valence-electron chi connectivity index (χ3n) is 14.4. The average Bonchev–Trinajstić information content (AvgIpc) is 3.92. The van der Waals surface area contributed by atoms with Gasteiger partial charge < -0.3 is 9.80 Å². The van der Waals surface area contributed by atoms with E-state index in [1.165, 1.54) is 61.6 Å². The third kappa shape index (κ3) is 5.77. The SMILES string of the molecule is CCC1(CC)/C(=C2/CC3N(c4ccc(-c5ccccc5)cc4)C=CN3c3ccc(-c4ccccc4)cc32)C2N(c3ccccc3)c3nc4c(nc3N2c2ccccc21)C=CC(C)C4. The van der Waals surface area contributed by atoms with Gasteiger partial charge in [-0.3, -0.25) is 9.80 Å². The summed E-state index contributed by atoms with van der Waals surface area (Å²) in [5.41, 5.74) is 16.9. The van der Waals surface area contributed by atoms with Crippen molar-refractivity contribution in [1.29, 1.82) is 0 Å². The standard InChI is InChI=1S/C57H50N6/c1-4-57(5-2)47-23-15-16-24-51(47)63-55-54(59-49-35-38(3)25-31-48(49)58-55)62(44-21-13-8-14-22-44)56(63)53(57)46-37-52-60(43-29-26-41(27-30-43)39-17-9-6-10-18-39)33-34-61(52)50-32-28-42(36-45(46)50)40-19-11-7-12-20-40/h6-34,36,38,52,56H,4-5,35,37H2,1-3H3/b53-46-. The summed E-state index contributed by atoms with van der Waals surface area (Å²) in [5, 5.41) is 0. The summed E-state index contributed by atoms with van der Waals surface area (Å²) in [6.45, 7) is 7.08. The lowest BCUT2D eigenvalue weighted by atomic mass is 9.63. The molecule has 6 aromatic carbocycles. The van der Waals surface area contributed by atoms with Gasteiger partial charge in [-0.1, -0.05) is 142 Å². The van der Waals surface area contributed by atoms with Crippen molar-refractivity contribution in [2.45, 2.75) is 64.2 Å². The molecule has 0 radical (unpaired) electrons. The Kier molecular flexibility index (Phi) is 8.79. The van der Waals surface area contributed by atoms with Gasteiger partial charge in [-0.2, -0.15) is 0 Å². The highest BCUT2D eigenvalue weighted by molar-refractivity contribution is 5.96. The summed E-state index contributed by atoms with van der Waals surface area (Å²) in [5.74, 6) is 2.26. The molecule has 3 unspecified atom stereocenters. The van der Waals surface area contributed by atoms with Crippen LogP contribution in [0.4, 0.5) is 34.4 Å². The van der Waals surface area contributed by atoms with E-state index in [0.29, 0.717) is 5.92 Å². The first-order valence-electron chi connectivity index (χ1n) is 22.7. The Balaban J connectivity index is 1.13. The Morgan fingerprint density at radius 3 is 1.92 bits per heavy atom. The number of allylic oxidation sites excluding steroid dienone is 1. The zero-order chi connectivity index (χ0) is 42.2. The van der Waals surface area contributed by atoms with E-state index in [0.717, 1.165) is 54.4 Å². The van der Waals surface area contributed by atoms with Crippen LogP contribution in [0.5, 0.6) is 0 Å². The van der Waals surface area contributed by atoms with Crippen LogP contribution in [0, 0.1) is 5.92 Å². The lowest BCUT2D eigenvalue weighted by Gasteiger charge is -2.52. The van der Waals surface area contributed by atoms with Crippen LogP contribution < -0.4 is 19.6 Å². The Labute approximate surface area is 370 Å². The van der Waals surface area contributed by atoms with Crippen LogP contribution in [-0.4, -0.2) is 22.3 Å². The van der Waals surface area contributed by atoms with E-state index in [1.807, 2.05) is 0 Å². The molecule has 0 N–H and O–H groups in total. The summed E-state index contributed by atoms with van der Waals surface area (Å²) >= 11 is 0. The minimum atomic E-state index is -0.285. The van der Waals surface area contributed by atoms with Crippen LogP contribution in [0.15, 0.2) is 182 Å². The van der Waals surface area contributed by atoms with Gasteiger partial charge in [0.25, 0.3) is 0 Å². The van der Waals surface area contributed by atoms with Crippen LogP contribution in [0.25, 0.3) is 33.9 Å². The highest BCUT2D eigenvalue weighted by atomic mass is 15.5. The number of aromatic nitrogens is 2. The largest absolute Gasteiger partial charge is 0.325 e. The Hall–Kier alpha value is -7.18. The fourth-order valence-corrected chi connectivity index (χ4v) is 11.3. The second-order valence-corrected chi connectivity index (χ2v) is 17.7. The van der Waals surface area contributed by atoms with Crippen LogP contribution >= 0.6 is 0 Å². The van der Waals surface area contributed by atoms with Gasteiger partial charge in [-0.05, 0) is 113 Å². The van der Waals surface area contributed by atoms with Gasteiger partial charge in [-0.15, -0.1) is 0 Å². The van der Waals surface area contributed by atoms with Crippen molar-refractivity contribution >= 4 is 46.0 Å². The van der Waals surface area contributed by atoms with Gasteiger partial charge in [0, 0.05) is 46.9 Å². The minimum Gasteiger partial charge on any atom is -0.325 e. The summed E-state index contributed by atoms with van der Waals surface area (Å²) in [6.07, 6.45) is 12.5. The molecule has 63 heavy (non-hydrogen) atoms. The Morgan fingerprint density at radius 1 is 0.571 bits per heavy atom. The predicted molar refractivity (Wildman–Crippen MR) is 260 cm³/mol. The van der Waals surface area contributed by atoms with Crippen molar-refractivity contribution in [3.63, 3.8) is 0 Å². The number of hydrogen-bond donors (Lipinski definition) is 0. The molecule has 0 amide bonds. The molecule has 6 heteroatoms. The van der Waals surface area contributed by atoms with Gasteiger partial charge in [0.15, 0.2) is 11.6 Å². The average molecular weight is 819 g/mol. The highest BCUT2D eigenvalue weighted by Crippen LogP contribution is 2.62. The van der Waals surface area contributed by atoms with Gasteiger partial charge in [0.2, 0.25) is 0 Å². The molecule has 7 aromatic rings. The highest BCUT2D eigenvalue weighted by Gasteiger charge is 2.55. The van der Waals surface area contributed by atoms with Crippen LogP contribution in [0.3, 0.4) is 0 Å². The molecule has 1 aromatic heterocycles. The van der Waals surface area contributed by atoms with E-state index < -0.39 is 0 Å². The van der Waals surface area contributed by atoms with Gasteiger partial charge >= 0.3 is 0 Å². The van der Waals surface area contributed by atoms with E-state index in [1.54, 1.807) is 0 Å². The molecule has 0 saturated heterocycles. The van der Waals surface area contributed by atoms with Gasteiger partial charge in [-0.25, -0.2) is 9.97 Å². The summed E-state index contributed by atoms with van der Waals surface area (Å²) < 4.78 is 0. The molecular formula is C57H50N6. The molecule has 0 spiro atoms. The van der Waals surface area contributed by atoms with Crippen LogP contribution in [0.2, 0.25) is 0 Å². The molecular weight excluding hydrogens is 769 g/mol. The van der Waals surface area contributed by atoms with Gasteiger partial charge in [0.1, 0.15) is 12.3 Å². The minimum absolute atomic E-state index is 0.0336. The van der Waals surface area contributed by atoms with Crippen molar-refractivity contribution in [3.05, 3.63) is 204 Å². The van der Waals surface area contributed by atoms with Crippen molar-refractivity contribution in [2.24, 2.45) is 5.92 Å². The summed E-state index contributed by atoms with van der Waals surface area (Å²) in [4.78, 5) is 21.3. The van der Waals surface area contributed by atoms with Crippen LogP contribution in [0.1, 0.15) is 62.5 Å². The molecule has 3 atom stereocenters. The maximum absolute atomic E-state index is 5.63. The quantitative estimate of drug-likeness (QED) is 0.166. The molecule has 5 heterocycles. The van der Waals surface area contributed by atoms with E-state index in [9.17, 15) is 0 Å². The molecule has 0 fully saturated rings. The Morgan fingerprint density at radius 2 is 1.19 bits per heavy atom. The zero-order valence-corrected chi connectivity index (χ0v) is 36.1. The van der Waals surface area contributed by atoms with Crippen molar-refractivity contribution in [1.82, 2.24) is 9.97 Å². The first kappa shape index (κ1) is 37.6. The summed E-state index contributed by atoms with van der Waals surface area (Å²) in [7, 11) is 0. The number of fused-ring (bicyclic) bond motifs is 9. The van der Waals surface area contributed by atoms with E-state index >= 15 is 0 Å². The fraction of sp³-hybridized carbons (Fsp3) is 0.193. The maximum Gasteiger partial charge on any atom is 0.179 e. The molecule has 0 bridgehead atoms.